The van der Waals surface area contributed by atoms with Crippen LogP contribution in [0.1, 0.15) is 61.0 Å². The highest BCUT2D eigenvalue weighted by Crippen LogP contribution is 2.40. The van der Waals surface area contributed by atoms with Crippen molar-refractivity contribution in [3.8, 4) is 0 Å². The van der Waals surface area contributed by atoms with Crippen molar-refractivity contribution >= 4 is 22.7 Å². The Hall–Kier alpha value is -2.08. The molecule has 0 N–H and O–H groups in total. The molecule has 1 fully saturated rings. The molecule has 1 aromatic carbocycles. The minimum Gasteiger partial charge on any atom is -0.423 e. The first-order valence-electron chi connectivity index (χ1n) is 9.03. The largest absolute Gasteiger partial charge is 0.423 e. The van der Waals surface area contributed by atoms with Gasteiger partial charge in [-0.2, -0.15) is 0 Å². The van der Waals surface area contributed by atoms with Crippen LogP contribution in [0.4, 0.5) is 0 Å². The van der Waals surface area contributed by atoms with Crippen LogP contribution in [-0.2, 0) is 12.8 Å². The topological polar surface area (TPSA) is 60.9 Å². The van der Waals surface area contributed by atoms with Crippen LogP contribution in [0.15, 0.2) is 32.6 Å². The van der Waals surface area contributed by atoms with Gasteiger partial charge in [0.05, 0.1) is 0 Å². The Kier molecular flexibility index (Phi) is 4.39. The van der Waals surface area contributed by atoms with Crippen molar-refractivity contribution in [2.45, 2.75) is 56.4 Å². The Morgan fingerprint density at radius 3 is 2.73 bits per heavy atom. The summed E-state index contributed by atoms with van der Waals surface area (Å²) in [7, 11) is 2.02. The van der Waals surface area contributed by atoms with Crippen molar-refractivity contribution in [2.75, 3.05) is 0 Å². The Bertz CT molecular complexity index is 1030. The first-order valence-corrected chi connectivity index (χ1v) is 10.0. The van der Waals surface area contributed by atoms with Crippen molar-refractivity contribution in [1.29, 1.82) is 0 Å². The molecule has 1 aliphatic carbocycles. The van der Waals surface area contributed by atoms with Gasteiger partial charge in [0.15, 0.2) is 5.16 Å². The average Bonchev–Trinajstić information content (AvgIpc) is 3.35. The minimum atomic E-state index is -0.304. The second kappa shape index (κ2) is 6.58. The van der Waals surface area contributed by atoms with E-state index in [1.54, 1.807) is 17.8 Å². The number of aryl methyl sites for hydroxylation is 1. The van der Waals surface area contributed by atoms with Gasteiger partial charge in [-0.1, -0.05) is 25.6 Å². The van der Waals surface area contributed by atoms with E-state index >= 15 is 0 Å². The highest BCUT2D eigenvalue weighted by molar-refractivity contribution is 7.98. The van der Waals surface area contributed by atoms with Crippen LogP contribution < -0.4 is 5.63 Å². The molecule has 26 heavy (non-hydrogen) atoms. The molecule has 0 atom stereocenters. The number of hydrogen-bond acceptors (Lipinski definition) is 5. The zero-order chi connectivity index (χ0) is 18.4. The maximum Gasteiger partial charge on any atom is 0.336 e. The van der Waals surface area contributed by atoms with Crippen LogP contribution in [0, 0.1) is 6.92 Å². The summed E-state index contributed by atoms with van der Waals surface area (Å²) < 4.78 is 7.52. The summed E-state index contributed by atoms with van der Waals surface area (Å²) in [6, 6.07) is 5.75. The van der Waals surface area contributed by atoms with Gasteiger partial charge < -0.3 is 8.98 Å². The van der Waals surface area contributed by atoms with Crippen LogP contribution in [0.5, 0.6) is 0 Å². The lowest BCUT2D eigenvalue weighted by atomic mass is 9.95. The molecule has 0 saturated heterocycles. The van der Waals surface area contributed by atoms with E-state index in [1.807, 2.05) is 13.1 Å². The molecule has 1 aliphatic rings. The average molecular weight is 369 g/mol. The van der Waals surface area contributed by atoms with Crippen molar-refractivity contribution in [1.82, 2.24) is 14.8 Å². The molecule has 4 rings (SSSR count). The van der Waals surface area contributed by atoms with Gasteiger partial charge in [-0.05, 0) is 54.5 Å². The van der Waals surface area contributed by atoms with Gasteiger partial charge in [0, 0.05) is 30.2 Å². The van der Waals surface area contributed by atoms with Crippen LogP contribution in [-0.4, -0.2) is 14.8 Å². The number of fused-ring (bicyclic) bond motifs is 1. The van der Waals surface area contributed by atoms with Crippen molar-refractivity contribution in [3.05, 3.63) is 51.1 Å². The molecule has 1 saturated carbocycles. The van der Waals surface area contributed by atoms with Gasteiger partial charge in [0.25, 0.3) is 0 Å². The van der Waals surface area contributed by atoms with Gasteiger partial charge >= 0.3 is 5.63 Å². The molecule has 0 amide bonds. The summed E-state index contributed by atoms with van der Waals surface area (Å²) in [5, 5.41) is 10.6. The molecule has 0 radical (unpaired) electrons. The summed E-state index contributed by atoms with van der Waals surface area (Å²) in [6.45, 7) is 6.43. The highest BCUT2D eigenvalue weighted by atomic mass is 32.2. The molecular formula is C20H23N3O2S. The Balaban J connectivity index is 1.69. The van der Waals surface area contributed by atoms with E-state index in [0.717, 1.165) is 27.5 Å². The lowest BCUT2D eigenvalue weighted by Crippen LogP contribution is -2.02. The number of thioether (sulfide) groups is 1. The fraction of sp³-hybridized carbons (Fsp3) is 0.450. The van der Waals surface area contributed by atoms with Crippen LogP contribution >= 0.6 is 11.8 Å². The Morgan fingerprint density at radius 2 is 2.04 bits per heavy atom. The molecule has 0 spiro atoms. The maximum atomic E-state index is 12.0. The van der Waals surface area contributed by atoms with E-state index in [1.165, 1.54) is 18.4 Å². The standard InChI is InChI=1S/C20H23N3O2S/c1-11(2)15-9-16-14(8-18(24)25-17(16)7-12(15)3)10-26-20-22-21-19(23(20)4)13-5-6-13/h7-9,11,13H,5-6,10H2,1-4H3. The summed E-state index contributed by atoms with van der Waals surface area (Å²) >= 11 is 1.62. The number of rotatable bonds is 5. The maximum absolute atomic E-state index is 12.0. The van der Waals surface area contributed by atoms with Gasteiger partial charge in [-0.15, -0.1) is 10.2 Å². The molecule has 0 unspecified atom stereocenters. The fourth-order valence-corrected chi connectivity index (χ4v) is 4.33. The first kappa shape index (κ1) is 17.3. The smallest absolute Gasteiger partial charge is 0.336 e. The van der Waals surface area contributed by atoms with Gasteiger partial charge in [-0.25, -0.2) is 4.79 Å². The first-order chi connectivity index (χ1) is 12.4. The second-order valence-corrected chi connectivity index (χ2v) is 8.36. The van der Waals surface area contributed by atoms with Crippen molar-refractivity contribution in [2.24, 2.45) is 7.05 Å². The summed E-state index contributed by atoms with van der Waals surface area (Å²) in [5.74, 6) is 2.73. The zero-order valence-electron chi connectivity index (χ0n) is 15.6. The molecule has 5 nitrogen and oxygen atoms in total. The van der Waals surface area contributed by atoms with Gasteiger partial charge in [-0.3, -0.25) is 0 Å². The molecule has 136 valence electrons. The molecule has 0 bridgehead atoms. The van der Waals surface area contributed by atoms with E-state index in [2.05, 4.69) is 41.6 Å². The molecule has 2 heterocycles. The fourth-order valence-electron chi connectivity index (χ4n) is 3.42. The van der Waals surface area contributed by atoms with Crippen molar-refractivity contribution < 1.29 is 4.42 Å². The Morgan fingerprint density at radius 1 is 1.27 bits per heavy atom. The number of benzene rings is 1. The number of hydrogen-bond donors (Lipinski definition) is 0. The van der Waals surface area contributed by atoms with E-state index in [0.29, 0.717) is 23.2 Å². The third-order valence-corrected chi connectivity index (χ3v) is 6.08. The number of nitrogens with zero attached hydrogens (tertiary/aromatic N) is 3. The molecular weight excluding hydrogens is 346 g/mol. The predicted molar refractivity (Wildman–Crippen MR) is 104 cm³/mol. The quantitative estimate of drug-likeness (QED) is 0.489. The predicted octanol–water partition coefficient (Wildman–Crippen LogP) is 4.52. The highest BCUT2D eigenvalue weighted by Gasteiger charge is 2.29. The van der Waals surface area contributed by atoms with E-state index in [9.17, 15) is 4.79 Å². The summed E-state index contributed by atoms with van der Waals surface area (Å²) in [5.41, 5.74) is 3.78. The Labute approximate surface area is 156 Å². The van der Waals surface area contributed by atoms with Gasteiger partial charge in [0.1, 0.15) is 11.4 Å². The summed E-state index contributed by atoms with van der Waals surface area (Å²) in [4.78, 5) is 12.0. The normalized spacial score (nSPS) is 14.5. The van der Waals surface area contributed by atoms with Gasteiger partial charge in [0.2, 0.25) is 0 Å². The van der Waals surface area contributed by atoms with E-state index in [4.69, 9.17) is 4.42 Å². The van der Waals surface area contributed by atoms with Crippen molar-refractivity contribution in [3.63, 3.8) is 0 Å². The van der Waals surface area contributed by atoms with Crippen LogP contribution in [0.2, 0.25) is 0 Å². The lowest BCUT2D eigenvalue weighted by molar-refractivity contribution is 0.559. The molecule has 6 heteroatoms. The third-order valence-electron chi connectivity index (χ3n) is 5.01. The zero-order valence-corrected chi connectivity index (χ0v) is 16.4. The minimum absolute atomic E-state index is 0.304. The van der Waals surface area contributed by atoms with E-state index in [-0.39, 0.29) is 5.63 Å². The number of aromatic nitrogens is 3. The molecule has 3 aromatic rings. The second-order valence-electron chi connectivity index (χ2n) is 7.41. The SMILES string of the molecule is Cc1cc2oc(=O)cc(CSc3nnc(C4CC4)n3C)c2cc1C(C)C. The third kappa shape index (κ3) is 3.18. The molecule has 0 aliphatic heterocycles. The lowest BCUT2D eigenvalue weighted by Gasteiger charge is -2.13. The monoisotopic (exact) mass is 369 g/mol. The molecule has 2 aromatic heterocycles. The van der Waals surface area contributed by atoms with Crippen LogP contribution in [0.3, 0.4) is 0 Å². The summed E-state index contributed by atoms with van der Waals surface area (Å²) in [6.07, 6.45) is 2.41. The van der Waals surface area contributed by atoms with E-state index < -0.39 is 0 Å². The van der Waals surface area contributed by atoms with Crippen LogP contribution in [0.25, 0.3) is 11.0 Å².